The molecule has 0 rings (SSSR count). The lowest BCUT2D eigenvalue weighted by atomic mass is 10.0. The number of carbonyl (C=O) groups is 2. The van der Waals surface area contributed by atoms with Crippen molar-refractivity contribution >= 4 is 19.8 Å². The van der Waals surface area contributed by atoms with Gasteiger partial charge in [-0.25, -0.2) is 4.57 Å². The van der Waals surface area contributed by atoms with Crippen LogP contribution >= 0.6 is 7.82 Å². The van der Waals surface area contributed by atoms with E-state index in [4.69, 9.17) is 18.5 Å². The molecule has 0 saturated carbocycles. The van der Waals surface area contributed by atoms with Gasteiger partial charge >= 0.3 is 19.8 Å². The van der Waals surface area contributed by atoms with Crippen molar-refractivity contribution in [3.05, 3.63) is 48.6 Å². The molecule has 2 atom stereocenters. The summed E-state index contributed by atoms with van der Waals surface area (Å²) >= 11 is 0. The van der Waals surface area contributed by atoms with Gasteiger partial charge in [0.2, 0.25) is 0 Å². The van der Waals surface area contributed by atoms with Crippen molar-refractivity contribution < 1.29 is 42.1 Å². The molecule has 0 bridgehead atoms. The number of allylic oxidation sites excluding steroid dienone is 8. The Hall–Kier alpha value is -2.03. The molecule has 10 heteroatoms. The molecule has 0 saturated heterocycles. The smallest absolute Gasteiger partial charge is 0.462 e. The summed E-state index contributed by atoms with van der Waals surface area (Å²) in [4.78, 5) is 36.1. The van der Waals surface area contributed by atoms with Crippen LogP contribution in [0.3, 0.4) is 0 Å². The van der Waals surface area contributed by atoms with Crippen molar-refractivity contribution in [1.29, 1.82) is 0 Å². The average molecular weight is 1510 g/mol. The molecule has 1 N–H and O–H groups in total. The van der Waals surface area contributed by atoms with Crippen LogP contribution in [0.2, 0.25) is 0 Å². The quantitative estimate of drug-likeness (QED) is 0.0211. The lowest BCUT2D eigenvalue weighted by Gasteiger charge is -2.24. The molecule has 0 fully saturated rings. The van der Waals surface area contributed by atoms with Gasteiger partial charge in [-0.05, 0) is 77.0 Å². The van der Waals surface area contributed by atoms with Crippen LogP contribution in [0, 0.1) is 0 Å². The monoisotopic (exact) mass is 1510 g/mol. The Kier molecular flexibility index (Phi) is 85.3. The molecular formula is C96H185NO8P+. The van der Waals surface area contributed by atoms with Gasteiger partial charge in [0.05, 0.1) is 27.7 Å². The summed E-state index contributed by atoms with van der Waals surface area (Å²) in [5.74, 6) is -0.767. The van der Waals surface area contributed by atoms with Crippen molar-refractivity contribution in [2.24, 2.45) is 0 Å². The summed E-state index contributed by atoms with van der Waals surface area (Å²) in [5, 5.41) is 0. The highest BCUT2D eigenvalue weighted by Gasteiger charge is 2.27. The highest BCUT2D eigenvalue weighted by Crippen LogP contribution is 2.43. The van der Waals surface area contributed by atoms with E-state index in [1.165, 1.54) is 424 Å². The van der Waals surface area contributed by atoms with Crippen molar-refractivity contribution in [3.63, 3.8) is 0 Å². The number of carbonyl (C=O) groups excluding carboxylic acids is 2. The first-order chi connectivity index (χ1) is 52.0. The van der Waals surface area contributed by atoms with Crippen LogP contribution in [0.15, 0.2) is 48.6 Å². The van der Waals surface area contributed by atoms with E-state index in [-0.39, 0.29) is 25.6 Å². The van der Waals surface area contributed by atoms with E-state index in [1.54, 1.807) is 0 Å². The number of hydrogen-bond acceptors (Lipinski definition) is 7. The van der Waals surface area contributed by atoms with Gasteiger partial charge in [-0.1, -0.05) is 461 Å². The number of phosphoric ester groups is 1. The summed E-state index contributed by atoms with van der Waals surface area (Å²) in [5.41, 5.74) is 0. The Morgan fingerprint density at radius 3 is 0.764 bits per heavy atom. The molecule has 0 aromatic carbocycles. The standard InChI is InChI=1S/C96H184NO8P/c1-6-8-10-12-14-16-18-20-22-24-26-28-30-32-34-36-38-40-42-44-46-48-50-52-54-56-58-60-62-64-66-68-70-72-74-76-78-80-82-84-86-88-95(98)102-92-94(93-104-106(100,101)103-91-90-97(3,4)5)105-96(99)89-87-85-83-81-79-77-75-73-71-69-67-65-63-61-59-57-55-53-51-49-47-45-43-41-39-37-35-33-31-29-27-25-23-21-19-17-15-13-11-9-7-2/h19,21,24-27,31,33,94H,6-18,20,22-23,28-30,32,34-93H2,1-5H3/p+1/b21-19-,26-24-,27-25-,33-31-. The zero-order valence-electron chi connectivity index (χ0n) is 72.0. The number of quaternary nitrogens is 1. The maximum Gasteiger partial charge on any atom is 0.472 e. The Bertz CT molecular complexity index is 1930. The Labute approximate surface area is 662 Å². The van der Waals surface area contributed by atoms with E-state index in [0.29, 0.717) is 23.9 Å². The van der Waals surface area contributed by atoms with Gasteiger partial charge in [0.15, 0.2) is 6.10 Å². The molecule has 0 heterocycles. The molecule has 626 valence electrons. The van der Waals surface area contributed by atoms with Crippen molar-refractivity contribution in [3.8, 4) is 0 Å². The zero-order chi connectivity index (χ0) is 76.8. The fourth-order valence-electron chi connectivity index (χ4n) is 14.6. The fraction of sp³-hybridized carbons (Fsp3) is 0.896. The van der Waals surface area contributed by atoms with Crippen LogP contribution in [-0.2, 0) is 32.7 Å². The number of rotatable bonds is 90. The summed E-state index contributed by atoms with van der Waals surface area (Å²) in [6.45, 7) is 4.51. The number of nitrogens with zero attached hydrogens (tertiary/aromatic N) is 1. The van der Waals surface area contributed by atoms with E-state index >= 15 is 0 Å². The third-order valence-corrected chi connectivity index (χ3v) is 22.8. The molecule has 0 amide bonds. The number of esters is 2. The molecule has 0 aromatic rings. The molecule has 0 aliphatic heterocycles. The summed E-state index contributed by atoms with van der Waals surface area (Å²) < 4.78 is 34.9. The lowest BCUT2D eigenvalue weighted by Crippen LogP contribution is -2.37. The van der Waals surface area contributed by atoms with Gasteiger partial charge < -0.3 is 18.9 Å². The molecular weight excluding hydrogens is 1330 g/mol. The molecule has 9 nitrogen and oxygen atoms in total. The Morgan fingerprint density at radius 2 is 0.509 bits per heavy atom. The largest absolute Gasteiger partial charge is 0.472 e. The second-order valence-corrected chi connectivity index (χ2v) is 35.2. The minimum atomic E-state index is -4.40. The molecule has 0 radical (unpaired) electrons. The highest BCUT2D eigenvalue weighted by atomic mass is 31.2. The van der Waals surface area contributed by atoms with Crippen LogP contribution in [0.1, 0.15) is 502 Å². The zero-order valence-corrected chi connectivity index (χ0v) is 72.9. The van der Waals surface area contributed by atoms with Crippen LogP contribution < -0.4 is 0 Å². The Morgan fingerprint density at radius 1 is 0.292 bits per heavy atom. The molecule has 0 aromatic heterocycles. The van der Waals surface area contributed by atoms with Crippen LogP contribution in [0.5, 0.6) is 0 Å². The van der Waals surface area contributed by atoms with E-state index in [9.17, 15) is 19.0 Å². The van der Waals surface area contributed by atoms with Gasteiger partial charge in [0.25, 0.3) is 0 Å². The molecule has 0 aliphatic carbocycles. The second-order valence-electron chi connectivity index (χ2n) is 33.8. The van der Waals surface area contributed by atoms with E-state index in [1.807, 2.05) is 21.1 Å². The van der Waals surface area contributed by atoms with E-state index < -0.39 is 26.5 Å². The Balaban J connectivity index is 3.81. The van der Waals surface area contributed by atoms with Crippen LogP contribution in [-0.4, -0.2) is 74.9 Å². The van der Waals surface area contributed by atoms with E-state index in [0.717, 1.165) is 44.9 Å². The van der Waals surface area contributed by atoms with Crippen molar-refractivity contribution in [2.45, 2.75) is 508 Å². The summed E-state index contributed by atoms with van der Waals surface area (Å²) in [7, 11) is 1.51. The predicted molar refractivity (Wildman–Crippen MR) is 464 cm³/mol. The highest BCUT2D eigenvalue weighted by molar-refractivity contribution is 7.47. The minimum Gasteiger partial charge on any atom is -0.462 e. The summed E-state index contributed by atoms with van der Waals surface area (Å²) in [6, 6.07) is 0. The molecule has 2 unspecified atom stereocenters. The van der Waals surface area contributed by atoms with Crippen molar-refractivity contribution in [1.82, 2.24) is 0 Å². The maximum absolute atomic E-state index is 13.0. The van der Waals surface area contributed by atoms with Crippen LogP contribution in [0.4, 0.5) is 0 Å². The normalized spacial score (nSPS) is 13.1. The number of hydrogen-bond donors (Lipinski definition) is 1. The third-order valence-electron chi connectivity index (χ3n) is 21.8. The van der Waals surface area contributed by atoms with Crippen LogP contribution in [0.25, 0.3) is 0 Å². The topological polar surface area (TPSA) is 108 Å². The number of phosphoric acid groups is 1. The van der Waals surface area contributed by atoms with Crippen molar-refractivity contribution in [2.75, 3.05) is 47.5 Å². The third kappa shape index (κ3) is 90.9. The predicted octanol–water partition coefficient (Wildman–Crippen LogP) is 32.2. The fourth-order valence-corrected chi connectivity index (χ4v) is 15.4. The van der Waals surface area contributed by atoms with E-state index in [2.05, 4.69) is 62.5 Å². The van der Waals surface area contributed by atoms with Gasteiger partial charge in [0.1, 0.15) is 19.8 Å². The van der Waals surface area contributed by atoms with Gasteiger partial charge in [-0.15, -0.1) is 0 Å². The molecule has 0 spiro atoms. The first-order valence-electron chi connectivity index (χ1n) is 47.4. The van der Waals surface area contributed by atoms with Gasteiger partial charge in [-0.3, -0.25) is 18.6 Å². The first-order valence-corrected chi connectivity index (χ1v) is 48.9. The SMILES string of the molecule is CCCCCCC/C=C\C/C=C\C/C=C\CCCCCCCCCCCCCCCCCCCCCCCCCCCCC(=O)OC(COC(=O)CCCCCCCCCCCCCCCCCCCCCCCCCCCCCCC/C=C\CCCCCCCCCC)COP(=O)(O)OCC[N+](C)(C)C. The lowest BCUT2D eigenvalue weighted by molar-refractivity contribution is -0.870. The number of unbranched alkanes of at least 4 members (excludes halogenated alkanes) is 68. The first kappa shape index (κ1) is 104. The molecule has 0 aliphatic rings. The number of ether oxygens (including phenoxy) is 2. The van der Waals surface area contributed by atoms with Gasteiger partial charge in [-0.2, -0.15) is 0 Å². The van der Waals surface area contributed by atoms with Gasteiger partial charge in [0, 0.05) is 12.8 Å². The second kappa shape index (κ2) is 86.9. The average Bonchev–Trinajstić information content (AvgIpc) is 0.908. The maximum atomic E-state index is 13.0. The molecule has 106 heavy (non-hydrogen) atoms. The minimum absolute atomic E-state index is 0.0356. The summed E-state index contributed by atoms with van der Waals surface area (Å²) in [6.07, 6.45) is 118. The number of likely N-dealkylation sites (N-methyl/N-ethyl adjacent to an activating group) is 1.